The van der Waals surface area contributed by atoms with Crippen LogP contribution in [0.4, 0.5) is 0 Å². The van der Waals surface area contributed by atoms with Crippen molar-refractivity contribution in [3.8, 4) is 16.9 Å². The van der Waals surface area contributed by atoms with Gasteiger partial charge >= 0.3 is 5.97 Å². The predicted octanol–water partition coefficient (Wildman–Crippen LogP) is 3.64. The number of nitrogens with one attached hydrogen (secondary N) is 1. The number of aryl methyl sites for hydroxylation is 1. The van der Waals surface area contributed by atoms with Crippen LogP contribution in [0.1, 0.15) is 31.0 Å². The summed E-state index contributed by atoms with van der Waals surface area (Å²) in [6, 6.07) is 17.3. The SMILES string of the molecule is CCOC(=O)C1=C(C)NC(N)=NC1c1cn(-c2ccccc2)nc1-c1ccc(C)cc1. The molecular weight excluding hydrogens is 390 g/mol. The van der Waals surface area contributed by atoms with Gasteiger partial charge < -0.3 is 15.8 Å². The van der Waals surface area contributed by atoms with E-state index in [1.807, 2.05) is 67.7 Å². The first-order valence-corrected chi connectivity index (χ1v) is 10.2. The topological polar surface area (TPSA) is 94.5 Å². The molecule has 0 bridgehead atoms. The minimum atomic E-state index is -0.630. The third-order valence-corrected chi connectivity index (χ3v) is 5.14. The number of allylic oxidation sites excluding steroid dienone is 1. The maximum atomic E-state index is 12.8. The van der Waals surface area contributed by atoms with E-state index in [9.17, 15) is 4.79 Å². The van der Waals surface area contributed by atoms with Gasteiger partial charge in [0.05, 0.1) is 23.6 Å². The van der Waals surface area contributed by atoms with Crippen LogP contribution in [0.2, 0.25) is 0 Å². The van der Waals surface area contributed by atoms with Crippen LogP contribution in [0.5, 0.6) is 0 Å². The number of carbonyl (C=O) groups is 1. The number of ether oxygens (including phenoxy) is 1. The van der Waals surface area contributed by atoms with Crippen LogP contribution in [0, 0.1) is 6.92 Å². The monoisotopic (exact) mass is 415 g/mol. The van der Waals surface area contributed by atoms with E-state index in [1.165, 1.54) is 0 Å². The zero-order chi connectivity index (χ0) is 22.0. The minimum absolute atomic E-state index is 0.248. The zero-order valence-corrected chi connectivity index (χ0v) is 17.8. The van der Waals surface area contributed by atoms with Gasteiger partial charge in [0.15, 0.2) is 5.96 Å². The Hall–Kier alpha value is -3.87. The summed E-state index contributed by atoms with van der Waals surface area (Å²) in [6.07, 6.45) is 1.91. The standard InChI is InChI=1S/C24H25N5O2/c1-4-31-23(30)20-16(3)26-24(25)27-22(20)19-14-29(18-8-6-5-7-9-18)28-21(19)17-12-10-15(2)11-13-17/h5-14,22H,4H2,1-3H3,(H3,25,26,27). The van der Waals surface area contributed by atoms with Crippen LogP contribution in [0.15, 0.2) is 77.1 Å². The summed E-state index contributed by atoms with van der Waals surface area (Å²) in [5.41, 5.74) is 11.6. The Labute approximate surface area is 181 Å². The molecule has 0 spiro atoms. The molecule has 3 N–H and O–H groups in total. The molecule has 1 atom stereocenters. The number of nitrogens with two attached hydrogens (primary N) is 1. The van der Waals surface area contributed by atoms with Crippen molar-refractivity contribution in [2.75, 3.05) is 6.61 Å². The first-order valence-electron chi connectivity index (χ1n) is 10.2. The number of benzene rings is 2. The molecule has 1 aliphatic rings. The first-order chi connectivity index (χ1) is 15.0. The smallest absolute Gasteiger partial charge is 0.338 e. The second-order valence-electron chi connectivity index (χ2n) is 7.38. The summed E-state index contributed by atoms with van der Waals surface area (Å²) >= 11 is 0. The van der Waals surface area contributed by atoms with Crippen LogP contribution in [0.3, 0.4) is 0 Å². The summed E-state index contributed by atoms with van der Waals surface area (Å²) in [7, 11) is 0. The maximum Gasteiger partial charge on any atom is 0.338 e. The van der Waals surface area contributed by atoms with Crippen molar-refractivity contribution in [2.24, 2.45) is 10.7 Å². The Morgan fingerprint density at radius 2 is 1.84 bits per heavy atom. The Bertz CT molecular complexity index is 1160. The van der Waals surface area contributed by atoms with E-state index in [-0.39, 0.29) is 12.6 Å². The van der Waals surface area contributed by atoms with Crippen LogP contribution in [-0.4, -0.2) is 28.3 Å². The average molecular weight is 415 g/mol. The second kappa shape index (κ2) is 8.47. The third-order valence-electron chi connectivity index (χ3n) is 5.14. The van der Waals surface area contributed by atoms with E-state index < -0.39 is 12.0 Å². The lowest BCUT2D eigenvalue weighted by molar-refractivity contribution is -0.138. The Kier molecular flexibility index (Phi) is 5.58. The van der Waals surface area contributed by atoms with Gasteiger partial charge in [-0.2, -0.15) is 5.10 Å². The van der Waals surface area contributed by atoms with E-state index in [1.54, 1.807) is 18.5 Å². The fourth-order valence-electron chi connectivity index (χ4n) is 3.64. The van der Waals surface area contributed by atoms with Gasteiger partial charge in [-0.15, -0.1) is 0 Å². The number of esters is 1. The van der Waals surface area contributed by atoms with Gasteiger partial charge in [-0.25, -0.2) is 14.5 Å². The lowest BCUT2D eigenvalue weighted by Gasteiger charge is -2.24. The Morgan fingerprint density at radius 3 is 2.52 bits per heavy atom. The van der Waals surface area contributed by atoms with Crippen molar-refractivity contribution < 1.29 is 9.53 Å². The van der Waals surface area contributed by atoms with Crippen LogP contribution < -0.4 is 11.1 Å². The third kappa shape index (κ3) is 4.07. The van der Waals surface area contributed by atoms with Gasteiger partial charge in [0.2, 0.25) is 0 Å². The van der Waals surface area contributed by atoms with E-state index in [0.717, 1.165) is 28.1 Å². The summed E-state index contributed by atoms with van der Waals surface area (Å²) in [6.45, 7) is 5.89. The van der Waals surface area contributed by atoms with Crippen molar-refractivity contribution in [1.82, 2.24) is 15.1 Å². The normalized spacial score (nSPS) is 16.0. The predicted molar refractivity (Wildman–Crippen MR) is 121 cm³/mol. The molecule has 0 saturated carbocycles. The highest BCUT2D eigenvalue weighted by atomic mass is 16.5. The molecule has 158 valence electrons. The molecule has 1 aromatic heterocycles. The fraction of sp³-hybridized carbons (Fsp3) is 0.208. The van der Waals surface area contributed by atoms with E-state index in [2.05, 4.69) is 10.3 Å². The Balaban J connectivity index is 1.91. The van der Waals surface area contributed by atoms with Crippen LogP contribution >= 0.6 is 0 Å². The molecule has 1 aliphatic heterocycles. The van der Waals surface area contributed by atoms with Gasteiger partial charge in [-0.1, -0.05) is 48.0 Å². The minimum Gasteiger partial charge on any atom is -0.463 e. The molecule has 7 heteroatoms. The molecular formula is C24H25N5O2. The van der Waals surface area contributed by atoms with E-state index in [4.69, 9.17) is 15.6 Å². The number of nitrogens with zero attached hydrogens (tertiary/aromatic N) is 3. The fourth-order valence-corrected chi connectivity index (χ4v) is 3.64. The second-order valence-corrected chi connectivity index (χ2v) is 7.38. The number of hydrogen-bond donors (Lipinski definition) is 2. The molecule has 3 aromatic rings. The van der Waals surface area contributed by atoms with E-state index in [0.29, 0.717) is 11.3 Å². The summed E-state index contributed by atoms with van der Waals surface area (Å²) in [5.74, 6) is -0.172. The molecule has 2 heterocycles. The molecule has 1 unspecified atom stereocenters. The molecule has 0 saturated heterocycles. The number of guanidine groups is 1. The van der Waals surface area contributed by atoms with Gasteiger partial charge in [-0.05, 0) is 32.9 Å². The van der Waals surface area contributed by atoms with Gasteiger partial charge in [0, 0.05) is 23.0 Å². The highest BCUT2D eigenvalue weighted by molar-refractivity contribution is 5.95. The molecule has 31 heavy (non-hydrogen) atoms. The summed E-state index contributed by atoms with van der Waals surface area (Å²) in [4.78, 5) is 17.4. The largest absolute Gasteiger partial charge is 0.463 e. The van der Waals surface area contributed by atoms with Crippen molar-refractivity contribution in [1.29, 1.82) is 0 Å². The highest BCUT2D eigenvalue weighted by Crippen LogP contribution is 2.37. The number of rotatable bonds is 5. The zero-order valence-electron chi connectivity index (χ0n) is 17.8. The molecule has 2 aromatic carbocycles. The van der Waals surface area contributed by atoms with Gasteiger partial charge in [-0.3, -0.25) is 0 Å². The van der Waals surface area contributed by atoms with Crippen molar-refractivity contribution in [3.05, 3.63) is 83.2 Å². The summed E-state index contributed by atoms with van der Waals surface area (Å²) < 4.78 is 7.12. The maximum absolute atomic E-state index is 12.8. The van der Waals surface area contributed by atoms with Gasteiger partial charge in [0.1, 0.15) is 6.04 Å². The average Bonchev–Trinajstić information content (AvgIpc) is 3.20. The number of para-hydroxylation sites is 1. The number of carbonyl (C=O) groups excluding carboxylic acids is 1. The Morgan fingerprint density at radius 1 is 1.13 bits per heavy atom. The first kappa shape index (κ1) is 20.4. The van der Waals surface area contributed by atoms with Crippen LogP contribution in [-0.2, 0) is 9.53 Å². The molecule has 0 aliphatic carbocycles. The molecule has 4 rings (SSSR count). The van der Waals surface area contributed by atoms with Gasteiger partial charge in [0.25, 0.3) is 0 Å². The molecule has 0 fully saturated rings. The van der Waals surface area contributed by atoms with E-state index >= 15 is 0 Å². The number of hydrogen-bond acceptors (Lipinski definition) is 6. The quantitative estimate of drug-likeness (QED) is 0.621. The number of aliphatic imine (C=N–C) groups is 1. The molecule has 0 radical (unpaired) electrons. The lowest BCUT2D eigenvalue weighted by Crippen LogP contribution is -2.37. The number of aromatic nitrogens is 2. The van der Waals surface area contributed by atoms with Crippen molar-refractivity contribution in [3.63, 3.8) is 0 Å². The van der Waals surface area contributed by atoms with Crippen molar-refractivity contribution in [2.45, 2.75) is 26.8 Å². The molecule has 0 amide bonds. The highest BCUT2D eigenvalue weighted by Gasteiger charge is 2.33. The van der Waals surface area contributed by atoms with Crippen molar-refractivity contribution >= 4 is 11.9 Å². The molecule has 7 nitrogen and oxygen atoms in total. The summed E-state index contributed by atoms with van der Waals surface area (Å²) in [5, 5.41) is 7.81. The van der Waals surface area contributed by atoms with Crippen LogP contribution in [0.25, 0.3) is 16.9 Å². The lowest BCUT2D eigenvalue weighted by atomic mass is 9.94.